The van der Waals surface area contributed by atoms with E-state index < -0.39 is 0 Å². The number of fused-ring (bicyclic) bond motifs is 1. The zero-order valence-electron chi connectivity index (χ0n) is 18.6. The number of nitrogens with one attached hydrogen (secondary N) is 2. The predicted molar refractivity (Wildman–Crippen MR) is 132 cm³/mol. The third-order valence-corrected chi connectivity index (χ3v) is 6.82. The van der Waals surface area contributed by atoms with Gasteiger partial charge in [-0.1, -0.05) is 17.4 Å². The van der Waals surface area contributed by atoms with Crippen LogP contribution in [0.25, 0.3) is 21.3 Å². The van der Waals surface area contributed by atoms with Crippen molar-refractivity contribution < 1.29 is 4.79 Å². The highest BCUT2D eigenvalue weighted by Crippen LogP contribution is 2.31. The number of amides is 1. The van der Waals surface area contributed by atoms with E-state index in [9.17, 15) is 4.79 Å². The van der Waals surface area contributed by atoms with Crippen molar-refractivity contribution in [3.63, 3.8) is 0 Å². The molecule has 0 radical (unpaired) electrons. The Hall–Kier alpha value is -3.63. The summed E-state index contributed by atoms with van der Waals surface area (Å²) in [5.41, 5.74) is 2.33. The maximum absolute atomic E-state index is 12.9. The lowest BCUT2D eigenvalue weighted by Crippen LogP contribution is -2.57. The van der Waals surface area contributed by atoms with Gasteiger partial charge in [-0.15, -0.1) is 10.2 Å². The molecule has 33 heavy (non-hydrogen) atoms. The molecule has 1 aromatic carbocycles. The number of carbonyl (C=O) groups is 1. The van der Waals surface area contributed by atoms with Crippen molar-refractivity contribution in [2.75, 3.05) is 49.8 Å². The van der Waals surface area contributed by atoms with Crippen molar-refractivity contribution in [1.82, 2.24) is 25.1 Å². The van der Waals surface area contributed by atoms with Crippen LogP contribution in [-0.4, -0.2) is 71.2 Å². The molecule has 0 aliphatic carbocycles. The number of rotatable bonds is 6. The third kappa shape index (κ3) is 4.35. The van der Waals surface area contributed by atoms with Crippen molar-refractivity contribution in [3.05, 3.63) is 54.4 Å². The number of benzene rings is 1. The number of hydrogen-bond acceptors (Lipinski definition) is 9. The normalized spacial score (nSPS) is 13.9. The maximum Gasteiger partial charge on any atom is 0.257 e. The standard InChI is InChI=1S/C23H24N8OS/c1-24-23-26-11-19(33-23)14-4-5-18-16(8-14)9-20(29-28-18)27-22(32)15-6-7-25-21(10-15)31-12-17(13-31)30(2)3/h4-11,17H,12-13H2,1-3H3,(H,24,26)(H,27,29,32). The van der Waals surface area contributed by atoms with Crippen LogP contribution in [-0.2, 0) is 0 Å². The SMILES string of the molecule is CNc1ncc(-c2ccc3nnc(NC(=O)c4ccnc(N5CC(N(C)C)C5)c4)cc3c2)s1. The van der Waals surface area contributed by atoms with E-state index in [0.29, 0.717) is 17.4 Å². The van der Waals surface area contributed by atoms with Crippen LogP contribution in [0.5, 0.6) is 0 Å². The second-order valence-electron chi connectivity index (χ2n) is 8.16. The smallest absolute Gasteiger partial charge is 0.257 e. The average molecular weight is 461 g/mol. The molecular formula is C23H24N8OS. The Morgan fingerprint density at radius 1 is 1.12 bits per heavy atom. The molecule has 1 aliphatic rings. The summed E-state index contributed by atoms with van der Waals surface area (Å²) in [7, 11) is 6.00. The molecule has 0 saturated carbocycles. The summed E-state index contributed by atoms with van der Waals surface area (Å²) in [5, 5.41) is 16.1. The molecule has 9 nitrogen and oxygen atoms in total. The molecule has 1 fully saturated rings. The molecule has 2 N–H and O–H groups in total. The van der Waals surface area contributed by atoms with E-state index >= 15 is 0 Å². The number of thiazole rings is 1. The second kappa shape index (κ2) is 8.72. The Morgan fingerprint density at radius 2 is 1.97 bits per heavy atom. The van der Waals surface area contributed by atoms with E-state index in [0.717, 1.165) is 45.4 Å². The minimum atomic E-state index is -0.241. The Balaban J connectivity index is 1.33. The molecule has 5 rings (SSSR count). The monoisotopic (exact) mass is 460 g/mol. The molecule has 1 aliphatic heterocycles. The highest BCUT2D eigenvalue weighted by Gasteiger charge is 2.29. The fourth-order valence-corrected chi connectivity index (χ4v) is 4.44. The van der Waals surface area contributed by atoms with Crippen molar-refractivity contribution in [2.45, 2.75) is 6.04 Å². The minimum absolute atomic E-state index is 0.241. The Bertz CT molecular complexity index is 1310. The lowest BCUT2D eigenvalue weighted by Gasteiger charge is -2.43. The largest absolute Gasteiger partial charge is 0.365 e. The van der Waals surface area contributed by atoms with Crippen molar-refractivity contribution in [3.8, 4) is 10.4 Å². The van der Waals surface area contributed by atoms with E-state index in [1.807, 2.05) is 43.6 Å². The molecule has 0 spiro atoms. The first-order valence-electron chi connectivity index (χ1n) is 10.6. The van der Waals surface area contributed by atoms with Crippen LogP contribution in [0.3, 0.4) is 0 Å². The third-order valence-electron chi connectivity index (χ3n) is 5.76. The van der Waals surface area contributed by atoms with Crippen LogP contribution < -0.4 is 15.5 Å². The van der Waals surface area contributed by atoms with Gasteiger partial charge in [0.15, 0.2) is 10.9 Å². The molecule has 3 aromatic heterocycles. The van der Waals surface area contributed by atoms with Crippen LogP contribution >= 0.6 is 11.3 Å². The maximum atomic E-state index is 12.9. The van der Waals surface area contributed by atoms with Gasteiger partial charge >= 0.3 is 0 Å². The minimum Gasteiger partial charge on any atom is -0.365 e. The average Bonchev–Trinajstić information content (AvgIpc) is 3.27. The molecule has 168 valence electrons. The van der Waals surface area contributed by atoms with Crippen LogP contribution in [0, 0.1) is 0 Å². The second-order valence-corrected chi connectivity index (χ2v) is 9.19. The zero-order valence-corrected chi connectivity index (χ0v) is 19.4. The molecule has 1 saturated heterocycles. The van der Waals surface area contributed by atoms with Gasteiger partial charge in [-0.25, -0.2) is 9.97 Å². The Labute approximate surface area is 195 Å². The summed E-state index contributed by atoms with van der Waals surface area (Å²) < 4.78 is 0. The van der Waals surface area contributed by atoms with Gasteiger partial charge < -0.3 is 20.4 Å². The van der Waals surface area contributed by atoms with Gasteiger partial charge in [0.2, 0.25) is 0 Å². The van der Waals surface area contributed by atoms with E-state index in [1.165, 1.54) is 0 Å². The first kappa shape index (κ1) is 21.2. The van der Waals surface area contributed by atoms with Crippen LogP contribution in [0.1, 0.15) is 10.4 Å². The van der Waals surface area contributed by atoms with Gasteiger partial charge in [-0.3, -0.25) is 4.79 Å². The fraction of sp³-hybridized carbons (Fsp3) is 0.261. The Morgan fingerprint density at radius 3 is 2.73 bits per heavy atom. The molecule has 1 amide bonds. The van der Waals surface area contributed by atoms with Gasteiger partial charge in [0.05, 0.1) is 10.4 Å². The summed E-state index contributed by atoms with van der Waals surface area (Å²) in [6.45, 7) is 1.80. The zero-order chi connectivity index (χ0) is 22.9. The number of nitrogens with zero attached hydrogens (tertiary/aromatic N) is 6. The van der Waals surface area contributed by atoms with Gasteiger partial charge in [-0.05, 0) is 50.0 Å². The first-order valence-corrected chi connectivity index (χ1v) is 11.4. The summed E-state index contributed by atoms with van der Waals surface area (Å²) in [4.78, 5) is 27.1. The molecule has 0 bridgehead atoms. The molecule has 4 heterocycles. The summed E-state index contributed by atoms with van der Waals surface area (Å²) >= 11 is 1.58. The van der Waals surface area contributed by atoms with Crippen molar-refractivity contribution >= 4 is 44.9 Å². The number of pyridine rings is 1. The molecule has 4 aromatic rings. The van der Waals surface area contributed by atoms with Gasteiger partial charge in [0.1, 0.15) is 5.82 Å². The lowest BCUT2D eigenvalue weighted by atomic mass is 10.1. The highest BCUT2D eigenvalue weighted by molar-refractivity contribution is 7.18. The summed E-state index contributed by atoms with van der Waals surface area (Å²) in [5.74, 6) is 0.967. The van der Waals surface area contributed by atoms with Gasteiger partial charge in [0, 0.05) is 49.5 Å². The molecule has 0 unspecified atom stereocenters. The van der Waals surface area contributed by atoms with E-state index in [-0.39, 0.29) is 5.91 Å². The van der Waals surface area contributed by atoms with E-state index in [1.54, 1.807) is 23.6 Å². The van der Waals surface area contributed by atoms with Gasteiger partial charge in [-0.2, -0.15) is 0 Å². The van der Waals surface area contributed by atoms with Crippen LogP contribution in [0.15, 0.2) is 48.8 Å². The van der Waals surface area contributed by atoms with Crippen LogP contribution in [0.2, 0.25) is 0 Å². The number of anilines is 3. The van der Waals surface area contributed by atoms with Crippen molar-refractivity contribution in [2.24, 2.45) is 0 Å². The predicted octanol–water partition coefficient (Wildman–Crippen LogP) is 3.19. The molecule has 10 heteroatoms. The first-order chi connectivity index (χ1) is 16.0. The number of likely N-dealkylation sites (N-methyl/N-ethyl adjacent to an activating group) is 1. The lowest BCUT2D eigenvalue weighted by molar-refractivity contribution is 0.102. The summed E-state index contributed by atoms with van der Waals surface area (Å²) in [6.07, 6.45) is 3.51. The quantitative estimate of drug-likeness (QED) is 0.453. The fourth-order valence-electron chi connectivity index (χ4n) is 3.67. The van der Waals surface area contributed by atoms with E-state index in [4.69, 9.17) is 0 Å². The molecular weight excluding hydrogens is 436 g/mol. The highest BCUT2D eigenvalue weighted by atomic mass is 32.1. The van der Waals surface area contributed by atoms with E-state index in [2.05, 4.69) is 54.7 Å². The summed E-state index contributed by atoms with van der Waals surface area (Å²) in [6, 6.07) is 11.8. The number of aromatic nitrogens is 4. The number of hydrogen-bond donors (Lipinski definition) is 2. The topological polar surface area (TPSA) is 99.2 Å². The molecule has 0 atom stereocenters. The Kier molecular flexibility index (Phi) is 5.61. The van der Waals surface area contributed by atoms with Gasteiger partial charge in [0.25, 0.3) is 5.91 Å². The number of carbonyl (C=O) groups excluding carboxylic acids is 1. The van der Waals surface area contributed by atoms with Crippen molar-refractivity contribution in [1.29, 1.82) is 0 Å². The van der Waals surface area contributed by atoms with Crippen LogP contribution in [0.4, 0.5) is 16.8 Å².